The van der Waals surface area contributed by atoms with Crippen LogP contribution in [0.3, 0.4) is 0 Å². The Kier molecular flexibility index (Phi) is 7.17. The number of methoxy groups -OCH3 is 2. The largest absolute Gasteiger partial charge is 0.497 e. The first kappa shape index (κ1) is 22.3. The average Bonchev–Trinajstić information content (AvgIpc) is 2.77. The molecule has 0 atom stereocenters. The minimum absolute atomic E-state index is 0.174. The summed E-state index contributed by atoms with van der Waals surface area (Å²) in [6.07, 6.45) is 3.16. The third-order valence-electron chi connectivity index (χ3n) is 4.83. The molecule has 160 valence electrons. The second kappa shape index (κ2) is 9.63. The van der Waals surface area contributed by atoms with Gasteiger partial charge in [-0.1, -0.05) is 22.0 Å². The van der Waals surface area contributed by atoms with E-state index in [9.17, 15) is 13.2 Å². The van der Waals surface area contributed by atoms with Crippen LogP contribution in [-0.4, -0.2) is 63.9 Å². The third kappa shape index (κ3) is 5.03. The lowest BCUT2D eigenvalue weighted by Crippen LogP contribution is -2.50. The van der Waals surface area contributed by atoms with Crippen LogP contribution in [0.1, 0.15) is 5.56 Å². The fourth-order valence-electron chi connectivity index (χ4n) is 3.15. The van der Waals surface area contributed by atoms with Crippen molar-refractivity contribution in [2.75, 3.05) is 40.4 Å². The molecule has 0 radical (unpaired) electrons. The SMILES string of the molecule is COc1ccc(/C=C/C(=O)N2CCN(S(=O)(=O)c3cccc(Br)c3)CC2)c(OC)c1. The molecule has 1 aliphatic heterocycles. The number of hydrogen-bond acceptors (Lipinski definition) is 5. The van der Waals surface area contributed by atoms with Gasteiger partial charge in [0.1, 0.15) is 11.5 Å². The molecule has 0 aliphatic carbocycles. The summed E-state index contributed by atoms with van der Waals surface area (Å²) in [5.41, 5.74) is 0.752. The van der Waals surface area contributed by atoms with E-state index in [-0.39, 0.29) is 23.9 Å². The van der Waals surface area contributed by atoms with Gasteiger partial charge in [0.05, 0.1) is 19.1 Å². The first-order valence-electron chi connectivity index (χ1n) is 9.30. The van der Waals surface area contributed by atoms with Crippen LogP contribution < -0.4 is 9.47 Å². The van der Waals surface area contributed by atoms with Gasteiger partial charge in [-0.05, 0) is 36.4 Å². The Morgan fingerprint density at radius 2 is 1.77 bits per heavy atom. The lowest BCUT2D eigenvalue weighted by atomic mass is 10.1. The molecular weight excluding hydrogens is 472 g/mol. The van der Waals surface area contributed by atoms with Gasteiger partial charge in [-0.15, -0.1) is 0 Å². The Morgan fingerprint density at radius 1 is 1.03 bits per heavy atom. The maximum absolute atomic E-state index is 12.8. The Bertz CT molecular complexity index is 1050. The molecular formula is C21H23BrN2O5S. The van der Waals surface area contributed by atoms with Crippen molar-refractivity contribution in [1.82, 2.24) is 9.21 Å². The van der Waals surface area contributed by atoms with E-state index in [1.807, 2.05) is 6.07 Å². The summed E-state index contributed by atoms with van der Waals surface area (Å²) in [6.45, 7) is 1.16. The molecule has 9 heteroatoms. The van der Waals surface area contributed by atoms with Gasteiger partial charge in [0.25, 0.3) is 0 Å². The van der Waals surface area contributed by atoms with E-state index in [0.717, 1.165) is 5.56 Å². The number of sulfonamides is 1. The van der Waals surface area contributed by atoms with Crippen LogP contribution in [0, 0.1) is 0 Å². The van der Waals surface area contributed by atoms with Crippen LogP contribution in [0.15, 0.2) is 57.9 Å². The quantitative estimate of drug-likeness (QED) is 0.576. The average molecular weight is 495 g/mol. The van der Waals surface area contributed by atoms with Crippen LogP contribution in [0.4, 0.5) is 0 Å². The molecule has 7 nitrogen and oxygen atoms in total. The number of ether oxygens (including phenoxy) is 2. The van der Waals surface area contributed by atoms with E-state index in [0.29, 0.717) is 29.1 Å². The molecule has 2 aromatic carbocycles. The van der Waals surface area contributed by atoms with E-state index in [4.69, 9.17) is 9.47 Å². The van der Waals surface area contributed by atoms with Crippen molar-refractivity contribution in [3.05, 3.63) is 58.6 Å². The van der Waals surface area contributed by atoms with Crippen molar-refractivity contribution in [1.29, 1.82) is 0 Å². The first-order valence-corrected chi connectivity index (χ1v) is 11.5. The van der Waals surface area contributed by atoms with Crippen LogP contribution in [0.5, 0.6) is 11.5 Å². The summed E-state index contributed by atoms with van der Waals surface area (Å²) in [5.74, 6) is 1.09. The summed E-state index contributed by atoms with van der Waals surface area (Å²) in [6, 6.07) is 12.0. The monoisotopic (exact) mass is 494 g/mol. The number of nitrogens with zero attached hydrogens (tertiary/aromatic N) is 2. The number of carbonyl (C=O) groups is 1. The number of rotatable bonds is 6. The number of carbonyl (C=O) groups excluding carboxylic acids is 1. The summed E-state index contributed by atoms with van der Waals surface area (Å²) in [5, 5.41) is 0. The molecule has 3 rings (SSSR count). The minimum Gasteiger partial charge on any atom is -0.497 e. The predicted octanol–water partition coefficient (Wildman–Crippen LogP) is 3.01. The number of benzene rings is 2. The molecule has 1 aliphatic rings. The number of piperazine rings is 1. The van der Waals surface area contributed by atoms with Crippen LogP contribution in [0.25, 0.3) is 6.08 Å². The summed E-state index contributed by atoms with van der Waals surface area (Å²) >= 11 is 3.30. The van der Waals surface area contributed by atoms with Crippen LogP contribution in [0.2, 0.25) is 0 Å². The Morgan fingerprint density at radius 3 is 2.40 bits per heavy atom. The van der Waals surface area contributed by atoms with E-state index in [2.05, 4.69) is 15.9 Å². The van der Waals surface area contributed by atoms with Gasteiger partial charge in [-0.3, -0.25) is 4.79 Å². The van der Waals surface area contributed by atoms with Gasteiger partial charge in [0.15, 0.2) is 0 Å². The second-order valence-corrected chi connectivity index (χ2v) is 9.48. The number of hydrogen-bond donors (Lipinski definition) is 0. The molecule has 0 saturated carbocycles. The molecule has 0 bridgehead atoms. The third-order valence-corrected chi connectivity index (χ3v) is 7.22. The van der Waals surface area contributed by atoms with E-state index < -0.39 is 10.0 Å². The highest BCUT2D eigenvalue weighted by Gasteiger charge is 2.29. The highest BCUT2D eigenvalue weighted by molar-refractivity contribution is 9.10. The van der Waals surface area contributed by atoms with E-state index in [1.54, 1.807) is 61.6 Å². The predicted molar refractivity (Wildman–Crippen MR) is 118 cm³/mol. The van der Waals surface area contributed by atoms with Crippen molar-refractivity contribution in [2.24, 2.45) is 0 Å². The fourth-order valence-corrected chi connectivity index (χ4v) is 5.17. The van der Waals surface area contributed by atoms with Crippen molar-refractivity contribution in [2.45, 2.75) is 4.90 Å². The van der Waals surface area contributed by atoms with Gasteiger partial charge in [0, 0.05) is 48.4 Å². The maximum Gasteiger partial charge on any atom is 0.246 e. The van der Waals surface area contributed by atoms with Gasteiger partial charge in [0.2, 0.25) is 15.9 Å². The molecule has 1 heterocycles. The molecule has 2 aromatic rings. The highest BCUT2D eigenvalue weighted by Crippen LogP contribution is 2.26. The molecule has 0 spiro atoms. The maximum atomic E-state index is 12.8. The zero-order valence-corrected chi connectivity index (χ0v) is 19.1. The number of halogens is 1. The minimum atomic E-state index is -3.59. The molecule has 0 N–H and O–H groups in total. The second-order valence-electron chi connectivity index (χ2n) is 6.63. The summed E-state index contributed by atoms with van der Waals surface area (Å²) < 4.78 is 38.3. The Hall–Kier alpha value is -2.36. The van der Waals surface area contributed by atoms with Crippen LogP contribution >= 0.6 is 15.9 Å². The zero-order valence-electron chi connectivity index (χ0n) is 16.7. The Labute approximate surface area is 185 Å². The normalized spacial score (nSPS) is 15.4. The van der Waals surface area contributed by atoms with Crippen molar-refractivity contribution in [3.8, 4) is 11.5 Å². The molecule has 1 saturated heterocycles. The molecule has 0 aromatic heterocycles. The smallest absolute Gasteiger partial charge is 0.246 e. The van der Waals surface area contributed by atoms with E-state index >= 15 is 0 Å². The van der Waals surface area contributed by atoms with Gasteiger partial charge >= 0.3 is 0 Å². The van der Waals surface area contributed by atoms with Gasteiger partial charge in [-0.25, -0.2) is 8.42 Å². The highest BCUT2D eigenvalue weighted by atomic mass is 79.9. The molecule has 1 amide bonds. The molecule has 0 unspecified atom stereocenters. The topological polar surface area (TPSA) is 76.2 Å². The first-order chi connectivity index (χ1) is 14.3. The zero-order chi connectivity index (χ0) is 21.7. The molecule has 1 fully saturated rings. The fraction of sp³-hybridized carbons (Fsp3) is 0.286. The van der Waals surface area contributed by atoms with Gasteiger partial charge in [-0.2, -0.15) is 4.31 Å². The van der Waals surface area contributed by atoms with Crippen LogP contribution in [-0.2, 0) is 14.8 Å². The standard InChI is InChI=1S/C21H23BrN2O5S/c1-28-18-8-6-16(20(15-18)29-2)7-9-21(25)23-10-12-24(13-11-23)30(26,27)19-5-3-4-17(22)14-19/h3-9,14-15H,10-13H2,1-2H3/b9-7+. The van der Waals surface area contributed by atoms with Crippen molar-refractivity contribution < 1.29 is 22.7 Å². The summed E-state index contributed by atoms with van der Waals surface area (Å²) in [4.78, 5) is 14.4. The van der Waals surface area contributed by atoms with Crippen molar-refractivity contribution >= 4 is 37.9 Å². The molecule has 30 heavy (non-hydrogen) atoms. The van der Waals surface area contributed by atoms with Gasteiger partial charge < -0.3 is 14.4 Å². The Balaban J connectivity index is 1.64. The van der Waals surface area contributed by atoms with E-state index in [1.165, 1.54) is 10.4 Å². The number of amides is 1. The lowest BCUT2D eigenvalue weighted by molar-refractivity contribution is -0.127. The summed E-state index contributed by atoms with van der Waals surface area (Å²) in [7, 11) is -0.457. The lowest BCUT2D eigenvalue weighted by Gasteiger charge is -2.33. The van der Waals surface area contributed by atoms with Crippen molar-refractivity contribution in [3.63, 3.8) is 0 Å².